The first-order chi connectivity index (χ1) is 16.4. The van der Waals surface area contributed by atoms with Crippen LogP contribution in [-0.2, 0) is 18.2 Å². The van der Waals surface area contributed by atoms with Gasteiger partial charge in [-0.1, -0.05) is 72.8 Å². The van der Waals surface area contributed by atoms with Crippen LogP contribution in [0.2, 0.25) is 0 Å². The molecular weight excluding hydrogens is 462 g/mol. The molecule has 34 heavy (non-hydrogen) atoms. The molecule has 0 fully saturated rings. The highest BCUT2D eigenvalue weighted by molar-refractivity contribution is 7.74. The van der Waals surface area contributed by atoms with Crippen molar-refractivity contribution in [2.45, 2.75) is 26.1 Å². The predicted octanol–water partition coefficient (Wildman–Crippen LogP) is 5.65. The van der Waals surface area contributed by atoms with Crippen LogP contribution >= 0.6 is 14.7 Å². The van der Waals surface area contributed by atoms with Gasteiger partial charge in [-0.3, -0.25) is 9.13 Å². The van der Waals surface area contributed by atoms with Crippen LogP contribution in [0.4, 0.5) is 0 Å². The van der Waals surface area contributed by atoms with E-state index in [9.17, 15) is 9.13 Å². The minimum Gasteiger partial charge on any atom is -0.316 e. The summed E-state index contributed by atoms with van der Waals surface area (Å²) < 4.78 is 41.2. The molecule has 0 heterocycles. The van der Waals surface area contributed by atoms with Crippen molar-refractivity contribution >= 4 is 36.0 Å². The Hall–Kier alpha value is -2.74. The first kappa shape index (κ1) is 24.4. The molecule has 174 valence electrons. The van der Waals surface area contributed by atoms with Crippen LogP contribution in [0.5, 0.6) is 0 Å². The minimum absolute atomic E-state index is 0.605. The minimum atomic E-state index is -3.41. The van der Waals surface area contributed by atoms with Gasteiger partial charge < -0.3 is 9.05 Å². The van der Waals surface area contributed by atoms with Crippen molar-refractivity contribution in [3.05, 3.63) is 121 Å². The number of benzene rings is 4. The lowest BCUT2D eigenvalue weighted by atomic mass is 10.3. The van der Waals surface area contributed by atoms with Crippen molar-refractivity contribution in [2.24, 2.45) is 0 Å². The van der Waals surface area contributed by atoms with Gasteiger partial charge in [0.1, 0.15) is 0 Å². The van der Waals surface area contributed by atoms with E-state index in [0.717, 1.165) is 0 Å². The van der Waals surface area contributed by atoms with E-state index in [1.807, 2.05) is 135 Å². The van der Waals surface area contributed by atoms with Gasteiger partial charge in [0.15, 0.2) is 0 Å². The van der Waals surface area contributed by atoms with Crippen molar-refractivity contribution in [1.82, 2.24) is 0 Å². The van der Waals surface area contributed by atoms with Gasteiger partial charge >= 0.3 is 0 Å². The molecule has 4 aromatic carbocycles. The van der Waals surface area contributed by atoms with E-state index in [-0.39, 0.29) is 0 Å². The van der Waals surface area contributed by atoms with Crippen LogP contribution < -0.4 is 21.2 Å². The maximum Gasteiger partial charge on any atom is 0.261 e. The fourth-order valence-electron chi connectivity index (χ4n) is 3.68. The zero-order chi connectivity index (χ0) is 24.0. The van der Waals surface area contributed by atoms with Crippen molar-refractivity contribution in [3.8, 4) is 0 Å². The molecule has 0 spiro atoms. The molecule has 4 nitrogen and oxygen atoms in total. The summed E-state index contributed by atoms with van der Waals surface area (Å²) in [6, 6.07) is 36.8. The maximum absolute atomic E-state index is 14.3. The van der Waals surface area contributed by atoms with Crippen LogP contribution in [0, 0.1) is 0 Å². The summed E-state index contributed by atoms with van der Waals surface area (Å²) in [5, 5.41) is 2.42. The molecule has 0 aliphatic heterocycles. The monoisotopic (exact) mass is 490 g/mol. The molecule has 0 radical (unpaired) electrons. The first-order valence-corrected chi connectivity index (χ1v) is 14.5. The van der Waals surface area contributed by atoms with E-state index in [4.69, 9.17) is 9.05 Å². The van der Waals surface area contributed by atoms with Crippen LogP contribution in [0.15, 0.2) is 121 Å². The third-order valence-corrected chi connectivity index (χ3v) is 10.8. The van der Waals surface area contributed by atoms with Crippen molar-refractivity contribution in [1.29, 1.82) is 0 Å². The molecule has 0 saturated carbocycles. The zero-order valence-electron chi connectivity index (χ0n) is 19.2. The summed E-state index contributed by atoms with van der Waals surface area (Å²) in [5.74, 6) is 0. The fraction of sp³-hybridized carbons (Fsp3) is 0.143. The molecule has 2 unspecified atom stereocenters. The van der Waals surface area contributed by atoms with Crippen molar-refractivity contribution in [3.63, 3.8) is 0 Å². The second kappa shape index (κ2) is 10.7. The Morgan fingerprint density at radius 2 is 0.647 bits per heavy atom. The Labute approximate surface area is 201 Å². The predicted molar refractivity (Wildman–Crippen MR) is 141 cm³/mol. The van der Waals surface area contributed by atoms with Gasteiger partial charge in [-0.25, -0.2) is 0 Å². The summed E-state index contributed by atoms with van der Waals surface area (Å²) in [7, 11) is -6.83. The maximum atomic E-state index is 14.3. The van der Waals surface area contributed by atoms with Gasteiger partial charge in [-0.2, -0.15) is 0 Å². The molecule has 6 heteroatoms. The summed E-state index contributed by atoms with van der Waals surface area (Å²) in [6.07, 6.45) is -1.21. The SMILES string of the molecule is CC(OP(=O)(c1ccccc1)c1ccccc1)C(C)OP(=O)(c1ccccc1)c1ccccc1. The van der Waals surface area contributed by atoms with Gasteiger partial charge in [0, 0.05) is 21.2 Å². The molecule has 0 aromatic heterocycles. The topological polar surface area (TPSA) is 52.6 Å². The van der Waals surface area contributed by atoms with E-state index < -0.39 is 26.9 Å². The third kappa shape index (κ3) is 5.17. The molecular formula is C28H28O4P2. The Morgan fingerprint density at radius 3 is 0.853 bits per heavy atom. The summed E-state index contributed by atoms with van der Waals surface area (Å²) >= 11 is 0. The van der Waals surface area contributed by atoms with Crippen LogP contribution in [0.1, 0.15) is 13.8 Å². The highest BCUT2D eigenvalue weighted by atomic mass is 31.2. The van der Waals surface area contributed by atoms with Gasteiger partial charge in [0.2, 0.25) is 0 Å². The van der Waals surface area contributed by atoms with Gasteiger partial charge in [-0.05, 0) is 62.4 Å². The number of rotatable bonds is 9. The van der Waals surface area contributed by atoms with E-state index in [2.05, 4.69) is 0 Å². The second-order valence-electron chi connectivity index (χ2n) is 8.07. The highest BCUT2D eigenvalue weighted by Gasteiger charge is 2.36. The average molecular weight is 490 g/mol. The Balaban J connectivity index is 1.66. The average Bonchev–Trinajstić information content (AvgIpc) is 2.90. The molecule has 0 N–H and O–H groups in total. The second-order valence-corrected chi connectivity index (χ2v) is 12.8. The third-order valence-electron chi connectivity index (χ3n) is 5.67. The van der Waals surface area contributed by atoms with E-state index >= 15 is 0 Å². The molecule has 0 aliphatic rings. The lowest BCUT2D eigenvalue weighted by Gasteiger charge is -2.30. The molecule has 0 saturated heterocycles. The fourth-order valence-corrected chi connectivity index (χ4v) is 8.30. The van der Waals surface area contributed by atoms with E-state index in [1.54, 1.807) is 0 Å². The van der Waals surface area contributed by atoms with E-state index in [1.165, 1.54) is 0 Å². The van der Waals surface area contributed by atoms with Crippen LogP contribution in [0.25, 0.3) is 0 Å². The van der Waals surface area contributed by atoms with Crippen LogP contribution in [-0.4, -0.2) is 12.2 Å². The normalized spacial score (nSPS) is 13.8. The number of hydrogen-bond donors (Lipinski definition) is 0. The van der Waals surface area contributed by atoms with Gasteiger partial charge in [0.25, 0.3) is 14.7 Å². The molecule has 0 aliphatic carbocycles. The molecule has 4 rings (SSSR count). The molecule has 0 amide bonds. The van der Waals surface area contributed by atoms with Crippen LogP contribution in [0.3, 0.4) is 0 Å². The molecule has 2 atom stereocenters. The van der Waals surface area contributed by atoms with Crippen molar-refractivity contribution < 1.29 is 18.2 Å². The summed E-state index contributed by atoms with van der Waals surface area (Å²) in [4.78, 5) is 0. The largest absolute Gasteiger partial charge is 0.316 e. The Bertz CT molecular complexity index is 1090. The molecule has 4 aromatic rings. The molecule has 0 bridgehead atoms. The summed E-state index contributed by atoms with van der Waals surface area (Å²) in [6.45, 7) is 3.62. The van der Waals surface area contributed by atoms with Gasteiger partial charge in [0.05, 0.1) is 12.2 Å². The zero-order valence-corrected chi connectivity index (χ0v) is 21.0. The quantitative estimate of drug-likeness (QED) is 0.285. The number of hydrogen-bond acceptors (Lipinski definition) is 4. The summed E-state index contributed by atoms with van der Waals surface area (Å²) in [5.41, 5.74) is 0. The smallest absolute Gasteiger partial charge is 0.261 e. The van der Waals surface area contributed by atoms with Crippen molar-refractivity contribution in [2.75, 3.05) is 0 Å². The van der Waals surface area contributed by atoms with Gasteiger partial charge in [-0.15, -0.1) is 0 Å². The standard InChI is InChI=1S/C28H28O4P2/c1-23(31-33(29,25-15-7-3-8-16-25)26-17-9-4-10-18-26)24(2)32-34(30,27-19-11-5-12-20-27)28-21-13-6-14-22-28/h3-24H,1-2H3. The van der Waals surface area contributed by atoms with E-state index in [0.29, 0.717) is 21.2 Å². The first-order valence-electron chi connectivity index (χ1n) is 11.2. The Kier molecular flexibility index (Phi) is 7.66. The lowest BCUT2D eigenvalue weighted by Crippen LogP contribution is -2.32. The lowest BCUT2D eigenvalue weighted by molar-refractivity contribution is 0.0883. The Morgan fingerprint density at radius 1 is 0.441 bits per heavy atom. The highest BCUT2D eigenvalue weighted by Crippen LogP contribution is 2.50.